The van der Waals surface area contributed by atoms with Crippen LogP contribution in [-0.2, 0) is 0 Å². The standard InChI is InChI=1S/C6H14N2O.ClH/c1-5-2-8-6(4-9)3-7-5;/h5-9H,2-4H2,1H3;1H/t5-,6+;/m1./s1. The maximum atomic E-state index is 8.67. The van der Waals surface area contributed by atoms with E-state index in [1.807, 2.05) is 0 Å². The van der Waals surface area contributed by atoms with Gasteiger partial charge in [-0.1, -0.05) is 0 Å². The van der Waals surface area contributed by atoms with Gasteiger partial charge in [0.15, 0.2) is 0 Å². The number of rotatable bonds is 1. The van der Waals surface area contributed by atoms with E-state index in [9.17, 15) is 0 Å². The van der Waals surface area contributed by atoms with Gasteiger partial charge >= 0.3 is 0 Å². The topological polar surface area (TPSA) is 44.3 Å². The number of hydrogen-bond donors (Lipinski definition) is 3. The molecule has 3 N–H and O–H groups in total. The van der Waals surface area contributed by atoms with Crippen LogP contribution in [0.2, 0.25) is 0 Å². The fourth-order valence-corrected chi connectivity index (χ4v) is 0.960. The molecular formula is C6H15ClN2O. The summed E-state index contributed by atoms with van der Waals surface area (Å²) >= 11 is 0. The average molecular weight is 167 g/mol. The molecular weight excluding hydrogens is 152 g/mol. The van der Waals surface area contributed by atoms with E-state index in [-0.39, 0.29) is 25.1 Å². The van der Waals surface area contributed by atoms with Gasteiger partial charge in [0, 0.05) is 25.2 Å². The Bertz CT molecular complexity index is 83.8. The van der Waals surface area contributed by atoms with Crippen LogP contribution in [0.3, 0.4) is 0 Å². The molecule has 62 valence electrons. The third-order valence-electron chi connectivity index (χ3n) is 1.65. The average Bonchev–Trinajstić information content (AvgIpc) is 1.90. The van der Waals surface area contributed by atoms with Crippen LogP contribution >= 0.6 is 12.4 Å². The molecule has 0 aliphatic carbocycles. The van der Waals surface area contributed by atoms with Crippen LogP contribution in [0.15, 0.2) is 0 Å². The molecule has 1 aliphatic heterocycles. The molecule has 0 aromatic carbocycles. The third-order valence-corrected chi connectivity index (χ3v) is 1.65. The first-order chi connectivity index (χ1) is 4.33. The molecule has 0 saturated carbocycles. The van der Waals surface area contributed by atoms with Gasteiger partial charge < -0.3 is 15.7 Å². The molecule has 1 fully saturated rings. The zero-order valence-corrected chi connectivity index (χ0v) is 6.95. The van der Waals surface area contributed by atoms with Crippen molar-refractivity contribution in [2.45, 2.75) is 19.0 Å². The van der Waals surface area contributed by atoms with Crippen molar-refractivity contribution in [3.63, 3.8) is 0 Å². The predicted molar refractivity (Wildman–Crippen MR) is 43.6 cm³/mol. The minimum atomic E-state index is 0. The molecule has 1 saturated heterocycles. The van der Waals surface area contributed by atoms with Gasteiger partial charge in [-0.3, -0.25) is 0 Å². The van der Waals surface area contributed by atoms with Crippen LogP contribution in [0.4, 0.5) is 0 Å². The first-order valence-electron chi connectivity index (χ1n) is 3.40. The molecule has 10 heavy (non-hydrogen) atoms. The maximum Gasteiger partial charge on any atom is 0.0597 e. The van der Waals surface area contributed by atoms with Gasteiger partial charge in [0.2, 0.25) is 0 Å². The Hall–Kier alpha value is 0.170. The second kappa shape index (κ2) is 4.91. The lowest BCUT2D eigenvalue weighted by molar-refractivity contribution is 0.216. The summed E-state index contributed by atoms with van der Waals surface area (Å²) in [6.45, 7) is 4.21. The molecule has 0 aromatic heterocycles. The van der Waals surface area contributed by atoms with Crippen molar-refractivity contribution in [2.24, 2.45) is 0 Å². The number of piperazine rings is 1. The molecule has 1 aliphatic rings. The molecule has 3 nitrogen and oxygen atoms in total. The smallest absolute Gasteiger partial charge is 0.0597 e. The van der Waals surface area contributed by atoms with Crippen molar-refractivity contribution in [1.29, 1.82) is 0 Å². The zero-order valence-electron chi connectivity index (χ0n) is 6.13. The highest BCUT2D eigenvalue weighted by Crippen LogP contribution is 1.90. The van der Waals surface area contributed by atoms with Crippen LogP contribution < -0.4 is 10.6 Å². The van der Waals surface area contributed by atoms with Crippen molar-refractivity contribution in [2.75, 3.05) is 19.7 Å². The highest BCUT2D eigenvalue weighted by atomic mass is 35.5. The summed E-state index contributed by atoms with van der Waals surface area (Å²) < 4.78 is 0. The van der Waals surface area contributed by atoms with Gasteiger partial charge in [0.25, 0.3) is 0 Å². The predicted octanol–water partition coefficient (Wildman–Crippen LogP) is -0.650. The van der Waals surface area contributed by atoms with Crippen LogP contribution in [0.5, 0.6) is 0 Å². The summed E-state index contributed by atoms with van der Waals surface area (Å²) in [6.07, 6.45) is 0. The lowest BCUT2D eigenvalue weighted by Crippen LogP contribution is -2.54. The summed E-state index contributed by atoms with van der Waals surface area (Å²) in [6, 6.07) is 0.814. The Morgan fingerprint density at radius 2 is 2.10 bits per heavy atom. The normalized spacial score (nSPS) is 33.0. The van der Waals surface area contributed by atoms with Crippen LogP contribution in [0, 0.1) is 0 Å². The minimum Gasteiger partial charge on any atom is -0.395 e. The monoisotopic (exact) mass is 166 g/mol. The highest BCUT2D eigenvalue weighted by Gasteiger charge is 2.14. The molecule has 0 bridgehead atoms. The molecule has 0 aromatic rings. The van der Waals surface area contributed by atoms with E-state index >= 15 is 0 Å². The van der Waals surface area contributed by atoms with Gasteiger partial charge in [0.05, 0.1) is 6.61 Å². The summed E-state index contributed by atoms with van der Waals surface area (Å²) in [5, 5.41) is 15.1. The van der Waals surface area contributed by atoms with Gasteiger partial charge in [-0.15, -0.1) is 12.4 Å². The van der Waals surface area contributed by atoms with Crippen LogP contribution in [0.1, 0.15) is 6.92 Å². The zero-order chi connectivity index (χ0) is 6.69. The van der Waals surface area contributed by atoms with Crippen molar-refractivity contribution in [3.8, 4) is 0 Å². The molecule has 1 heterocycles. The van der Waals surface area contributed by atoms with E-state index in [4.69, 9.17) is 5.11 Å². The number of aliphatic hydroxyl groups excluding tert-OH is 1. The van der Waals surface area contributed by atoms with Crippen molar-refractivity contribution < 1.29 is 5.11 Å². The quantitative estimate of drug-likeness (QED) is 0.485. The van der Waals surface area contributed by atoms with E-state index in [0.29, 0.717) is 6.04 Å². The van der Waals surface area contributed by atoms with Gasteiger partial charge in [-0.25, -0.2) is 0 Å². The van der Waals surface area contributed by atoms with E-state index in [2.05, 4.69) is 17.6 Å². The van der Waals surface area contributed by atoms with Crippen LogP contribution in [0.25, 0.3) is 0 Å². The van der Waals surface area contributed by atoms with E-state index < -0.39 is 0 Å². The first kappa shape index (κ1) is 10.2. The summed E-state index contributed by atoms with van der Waals surface area (Å²) in [7, 11) is 0. The summed E-state index contributed by atoms with van der Waals surface area (Å²) in [5.41, 5.74) is 0. The molecule has 4 heteroatoms. The first-order valence-corrected chi connectivity index (χ1v) is 3.40. The van der Waals surface area contributed by atoms with Crippen molar-refractivity contribution in [3.05, 3.63) is 0 Å². The molecule has 2 atom stereocenters. The highest BCUT2D eigenvalue weighted by molar-refractivity contribution is 5.85. The van der Waals surface area contributed by atoms with Crippen molar-refractivity contribution >= 4 is 12.4 Å². The van der Waals surface area contributed by atoms with Gasteiger partial charge in [-0.2, -0.15) is 0 Å². The third kappa shape index (κ3) is 2.84. The number of aliphatic hydroxyl groups is 1. The fourth-order valence-electron chi connectivity index (χ4n) is 0.960. The summed E-state index contributed by atoms with van der Waals surface area (Å²) in [4.78, 5) is 0. The summed E-state index contributed by atoms with van der Waals surface area (Å²) in [5.74, 6) is 0. The van der Waals surface area contributed by atoms with E-state index in [0.717, 1.165) is 13.1 Å². The minimum absolute atomic E-state index is 0. The Morgan fingerprint density at radius 3 is 2.50 bits per heavy atom. The number of nitrogens with one attached hydrogen (secondary N) is 2. The Balaban J connectivity index is 0.000000810. The SMILES string of the molecule is C[C@@H]1CN[C@H](CO)CN1.Cl. The van der Waals surface area contributed by atoms with E-state index in [1.165, 1.54) is 0 Å². The van der Waals surface area contributed by atoms with Gasteiger partial charge in [0.1, 0.15) is 0 Å². The maximum absolute atomic E-state index is 8.67. The Morgan fingerprint density at radius 1 is 1.40 bits per heavy atom. The van der Waals surface area contributed by atoms with E-state index in [1.54, 1.807) is 0 Å². The Kier molecular flexibility index (Phi) is 4.99. The largest absolute Gasteiger partial charge is 0.395 e. The molecule has 0 spiro atoms. The second-order valence-electron chi connectivity index (χ2n) is 2.60. The molecule has 0 radical (unpaired) electrons. The molecule has 1 rings (SSSR count). The molecule has 0 amide bonds. The number of hydrogen-bond acceptors (Lipinski definition) is 3. The lowest BCUT2D eigenvalue weighted by Gasteiger charge is -2.27. The van der Waals surface area contributed by atoms with Crippen molar-refractivity contribution in [1.82, 2.24) is 10.6 Å². The molecule has 0 unspecified atom stereocenters. The van der Waals surface area contributed by atoms with Gasteiger partial charge in [-0.05, 0) is 6.92 Å². The second-order valence-corrected chi connectivity index (χ2v) is 2.60. The van der Waals surface area contributed by atoms with Crippen LogP contribution in [-0.4, -0.2) is 36.9 Å². The fraction of sp³-hybridized carbons (Fsp3) is 1.00. The Labute approximate surface area is 67.6 Å². The lowest BCUT2D eigenvalue weighted by atomic mass is 10.2. The number of halogens is 1.